The van der Waals surface area contributed by atoms with E-state index in [0.717, 1.165) is 5.56 Å². The number of rotatable bonds is 5. The summed E-state index contributed by atoms with van der Waals surface area (Å²) in [5.74, 6) is 0. The summed E-state index contributed by atoms with van der Waals surface area (Å²) in [7, 11) is 0. The lowest BCUT2D eigenvalue weighted by atomic mass is 10.2. The van der Waals surface area contributed by atoms with E-state index in [-0.39, 0.29) is 13.2 Å². The molecular weight excluding hydrogens is 156 g/mol. The molecule has 0 radical (unpaired) electrons. The van der Waals surface area contributed by atoms with Gasteiger partial charge in [-0.25, -0.2) is 9.78 Å². The van der Waals surface area contributed by atoms with Crippen molar-refractivity contribution in [1.29, 1.82) is 0 Å². The van der Waals surface area contributed by atoms with Crippen LogP contribution in [0.5, 0.6) is 0 Å². The van der Waals surface area contributed by atoms with Gasteiger partial charge in [0.15, 0.2) is 0 Å². The molecule has 0 heterocycles. The predicted molar refractivity (Wildman–Crippen MR) is 44.3 cm³/mol. The fraction of sp³-hybridized carbons (Fsp3) is 0.333. The summed E-state index contributed by atoms with van der Waals surface area (Å²) in [6.07, 6.45) is 0. The topological polar surface area (TPSA) is 38.7 Å². The van der Waals surface area contributed by atoms with Crippen molar-refractivity contribution in [3.05, 3.63) is 35.9 Å². The monoisotopic (exact) mass is 168 g/mol. The van der Waals surface area contributed by atoms with Gasteiger partial charge >= 0.3 is 0 Å². The van der Waals surface area contributed by atoms with Crippen molar-refractivity contribution in [3.63, 3.8) is 0 Å². The largest absolute Gasteiger partial charge is 0.394 e. The molecule has 0 aromatic heterocycles. The Morgan fingerprint density at radius 2 is 1.83 bits per heavy atom. The molecule has 0 atom stereocenters. The molecular formula is C9H12O3. The van der Waals surface area contributed by atoms with Crippen molar-refractivity contribution in [1.82, 2.24) is 0 Å². The fourth-order valence-corrected chi connectivity index (χ4v) is 0.780. The molecule has 0 aliphatic heterocycles. The normalized spacial score (nSPS) is 10.1. The zero-order chi connectivity index (χ0) is 8.65. The molecule has 1 aromatic rings. The van der Waals surface area contributed by atoms with Crippen molar-refractivity contribution in [2.45, 2.75) is 6.61 Å². The van der Waals surface area contributed by atoms with Gasteiger partial charge in [-0.2, -0.15) is 0 Å². The highest BCUT2D eigenvalue weighted by molar-refractivity contribution is 5.13. The molecule has 1 aromatic carbocycles. The highest BCUT2D eigenvalue weighted by Crippen LogP contribution is 2.00. The first kappa shape index (κ1) is 9.19. The standard InChI is InChI=1S/C9H12O3/c10-6-7-11-12-8-9-4-2-1-3-5-9/h1-5,10H,6-8H2. The molecule has 0 bridgehead atoms. The van der Waals surface area contributed by atoms with Crippen molar-refractivity contribution in [2.24, 2.45) is 0 Å². The quantitative estimate of drug-likeness (QED) is 0.407. The summed E-state index contributed by atoms with van der Waals surface area (Å²) in [6, 6.07) is 9.71. The van der Waals surface area contributed by atoms with Crippen LogP contribution >= 0.6 is 0 Å². The highest BCUT2D eigenvalue weighted by atomic mass is 17.2. The molecule has 0 unspecified atom stereocenters. The predicted octanol–water partition coefficient (Wildman–Crippen LogP) is 1.13. The van der Waals surface area contributed by atoms with Crippen LogP contribution in [0, 0.1) is 0 Å². The van der Waals surface area contributed by atoms with Gasteiger partial charge in [0.2, 0.25) is 0 Å². The van der Waals surface area contributed by atoms with Crippen LogP contribution in [0.15, 0.2) is 30.3 Å². The average molecular weight is 168 g/mol. The van der Waals surface area contributed by atoms with Gasteiger partial charge in [-0.3, -0.25) is 0 Å². The Hall–Kier alpha value is -0.900. The second kappa shape index (κ2) is 5.71. The van der Waals surface area contributed by atoms with Gasteiger partial charge < -0.3 is 5.11 Å². The molecule has 66 valence electrons. The first-order valence-corrected chi connectivity index (χ1v) is 3.82. The number of aliphatic hydroxyl groups excluding tert-OH is 1. The third-order valence-electron chi connectivity index (χ3n) is 1.33. The van der Waals surface area contributed by atoms with Crippen LogP contribution in [0.25, 0.3) is 0 Å². The summed E-state index contributed by atoms with van der Waals surface area (Å²) in [5, 5.41) is 8.36. The maximum Gasteiger partial charge on any atom is 0.107 e. The lowest BCUT2D eigenvalue weighted by molar-refractivity contribution is -0.306. The summed E-state index contributed by atoms with van der Waals surface area (Å²) in [5.41, 5.74) is 1.05. The Labute approximate surface area is 71.5 Å². The molecule has 1 N–H and O–H groups in total. The summed E-state index contributed by atoms with van der Waals surface area (Å²) in [4.78, 5) is 9.44. The maximum absolute atomic E-state index is 8.36. The first-order valence-electron chi connectivity index (χ1n) is 3.82. The van der Waals surface area contributed by atoms with Crippen molar-refractivity contribution >= 4 is 0 Å². The van der Waals surface area contributed by atoms with Gasteiger partial charge in [0.25, 0.3) is 0 Å². The second-order valence-electron chi connectivity index (χ2n) is 2.29. The Morgan fingerprint density at radius 3 is 2.50 bits per heavy atom. The Bertz CT molecular complexity index is 198. The lowest BCUT2D eigenvalue weighted by Gasteiger charge is -2.01. The van der Waals surface area contributed by atoms with Crippen LogP contribution in [-0.2, 0) is 16.4 Å². The van der Waals surface area contributed by atoms with E-state index in [0.29, 0.717) is 6.61 Å². The van der Waals surface area contributed by atoms with E-state index in [4.69, 9.17) is 9.99 Å². The number of hydrogen-bond acceptors (Lipinski definition) is 3. The van der Waals surface area contributed by atoms with Crippen LogP contribution in [0.1, 0.15) is 5.56 Å². The molecule has 0 aliphatic rings. The van der Waals surface area contributed by atoms with Crippen molar-refractivity contribution < 1.29 is 14.9 Å². The van der Waals surface area contributed by atoms with E-state index in [2.05, 4.69) is 4.89 Å². The molecule has 0 spiro atoms. The van der Waals surface area contributed by atoms with Crippen LogP contribution in [0.3, 0.4) is 0 Å². The number of hydrogen-bond donors (Lipinski definition) is 1. The molecule has 0 saturated carbocycles. The minimum Gasteiger partial charge on any atom is -0.394 e. The Kier molecular flexibility index (Phi) is 4.37. The zero-order valence-corrected chi connectivity index (χ0v) is 6.77. The molecule has 0 fully saturated rings. The van der Waals surface area contributed by atoms with E-state index in [1.54, 1.807) is 0 Å². The smallest absolute Gasteiger partial charge is 0.107 e. The van der Waals surface area contributed by atoms with Crippen LogP contribution in [0.2, 0.25) is 0 Å². The Balaban J connectivity index is 2.16. The Morgan fingerprint density at radius 1 is 1.08 bits per heavy atom. The molecule has 0 amide bonds. The van der Waals surface area contributed by atoms with Gasteiger partial charge in [-0.1, -0.05) is 30.3 Å². The number of benzene rings is 1. The average Bonchev–Trinajstić information content (AvgIpc) is 2.14. The lowest BCUT2D eigenvalue weighted by Crippen LogP contribution is -2.00. The van der Waals surface area contributed by atoms with Gasteiger partial charge in [-0.05, 0) is 5.56 Å². The van der Waals surface area contributed by atoms with Gasteiger partial charge in [-0.15, -0.1) is 0 Å². The van der Waals surface area contributed by atoms with Crippen molar-refractivity contribution in [3.8, 4) is 0 Å². The molecule has 1 rings (SSSR count). The summed E-state index contributed by atoms with van der Waals surface area (Å²) in [6.45, 7) is 0.614. The van der Waals surface area contributed by atoms with Gasteiger partial charge in [0, 0.05) is 0 Å². The van der Waals surface area contributed by atoms with E-state index in [1.165, 1.54) is 0 Å². The fourth-order valence-electron chi connectivity index (χ4n) is 0.780. The van der Waals surface area contributed by atoms with E-state index < -0.39 is 0 Å². The van der Waals surface area contributed by atoms with Gasteiger partial charge in [0.1, 0.15) is 13.2 Å². The van der Waals surface area contributed by atoms with E-state index in [9.17, 15) is 0 Å². The summed E-state index contributed by atoms with van der Waals surface area (Å²) < 4.78 is 0. The molecule has 12 heavy (non-hydrogen) atoms. The first-order chi connectivity index (χ1) is 5.93. The molecule has 0 aliphatic carbocycles. The second-order valence-corrected chi connectivity index (χ2v) is 2.29. The third-order valence-corrected chi connectivity index (χ3v) is 1.33. The van der Waals surface area contributed by atoms with E-state index >= 15 is 0 Å². The van der Waals surface area contributed by atoms with Crippen LogP contribution < -0.4 is 0 Å². The van der Waals surface area contributed by atoms with Gasteiger partial charge in [0.05, 0.1) is 6.61 Å². The highest BCUT2D eigenvalue weighted by Gasteiger charge is 1.90. The summed E-state index contributed by atoms with van der Waals surface area (Å²) >= 11 is 0. The maximum atomic E-state index is 8.36. The van der Waals surface area contributed by atoms with Crippen LogP contribution in [0.4, 0.5) is 0 Å². The zero-order valence-electron chi connectivity index (χ0n) is 6.77. The minimum absolute atomic E-state index is 0.0191. The van der Waals surface area contributed by atoms with Crippen LogP contribution in [-0.4, -0.2) is 18.3 Å². The SMILES string of the molecule is OCCOOCc1ccccc1. The molecule has 3 nitrogen and oxygen atoms in total. The minimum atomic E-state index is -0.0191. The molecule has 3 heteroatoms. The number of aliphatic hydroxyl groups is 1. The molecule has 0 saturated heterocycles. The van der Waals surface area contributed by atoms with Crippen molar-refractivity contribution in [2.75, 3.05) is 13.2 Å². The van der Waals surface area contributed by atoms with E-state index in [1.807, 2.05) is 30.3 Å². The third kappa shape index (κ3) is 3.48.